The van der Waals surface area contributed by atoms with Gasteiger partial charge in [-0.15, -0.1) is 10.2 Å². The van der Waals surface area contributed by atoms with E-state index >= 15 is 0 Å². The molecule has 4 aromatic rings. The van der Waals surface area contributed by atoms with Crippen molar-refractivity contribution in [3.05, 3.63) is 104 Å². The van der Waals surface area contributed by atoms with Gasteiger partial charge in [0.05, 0.1) is 15.5 Å². The van der Waals surface area contributed by atoms with E-state index in [0.717, 1.165) is 21.7 Å². The number of halogens is 2. The van der Waals surface area contributed by atoms with E-state index in [2.05, 4.69) is 36.8 Å². The molecular weight excluding hydrogens is 570 g/mol. The van der Waals surface area contributed by atoms with Crippen molar-refractivity contribution in [1.82, 2.24) is 15.5 Å². The van der Waals surface area contributed by atoms with Crippen molar-refractivity contribution >= 4 is 61.5 Å². The van der Waals surface area contributed by atoms with E-state index in [0.29, 0.717) is 5.01 Å². The Morgan fingerprint density at radius 2 is 1.78 bits per heavy atom. The van der Waals surface area contributed by atoms with Crippen LogP contribution < -0.4 is 10.6 Å². The smallest absolute Gasteiger partial charge is 0.270 e. The third kappa shape index (κ3) is 6.30. The Balaban J connectivity index is 1.53. The zero-order valence-corrected chi connectivity index (χ0v) is 21.5. The Kier molecular flexibility index (Phi) is 8.04. The number of amides is 2. The van der Waals surface area contributed by atoms with Gasteiger partial charge < -0.3 is 5.32 Å². The number of non-ortho nitro benzene ring substituents is 1. The molecule has 9 nitrogen and oxygen atoms in total. The first kappa shape index (κ1) is 25.4. The topological polar surface area (TPSA) is 127 Å². The molecular formula is C24H17BrClN5O4S. The van der Waals surface area contributed by atoms with Crippen molar-refractivity contribution in [2.24, 2.45) is 0 Å². The third-order valence-corrected chi connectivity index (χ3v) is 6.79. The number of benzene rings is 3. The van der Waals surface area contributed by atoms with Gasteiger partial charge in [-0.3, -0.25) is 25.0 Å². The molecule has 0 aliphatic heterocycles. The van der Waals surface area contributed by atoms with E-state index in [9.17, 15) is 19.7 Å². The normalized spacial score (nSPS) is 11.5. The van der Waals surface area contributed by atoms with Gasteiger partial charge in [-0.05, 0) is 23.8 Å². The number of nitrogens with one attached hydrogen (secondary N) is 2. The summed E-state index contributed by atoms with van der Waals surface area (Å²) in [4.78, 5) is 36.5. The molecule has 0 aliphatic carbocycles. The van der Waals surface area contributed by atoms with Gasteiger partial charge in [-0.1, -0.05) is 81.3 Å². The highest BCUT2D eigenvalue weighted by Gasteiger charge is 2.25. The van der Waals surface area contributed by atoms with Gasteiger partial charge in [0.15, 0.2) is 0 Å². The Hall–Kier alpha value is -3.67. The molecule has 0 aliphatic rings. The summed E-state index contributed by atoms with van der Waals surface area (Å²) in [6, 6.07) is 19.2. The van der Waals surface area contributed by atoms with Crippen LogP contribution in [0.3, 0.4) is 0 Å². The van der Waals surface area contributed by atoms with Crippen LogP contribution >= 0.6 is 38.9 Å². The average molecular weight is 587 g/mol. The lowest BCUT2D eigenvalue weighted by Gasteiger charge is -2.18. The minimum Gasteiger partial charge on any atom is -0.340 e. The standard InChI is InChI=1S/C24H17BrClN5O4S/c25-16-8-6-15(7-9-16)23-29-30-24(36-23)28-22(33)20(12-14-4-2-1-3-5-14)27-21(32)18-11-10-17(31(34)35)13-19(18)26/h1-11,13,20H,12H2,(H,27,32)(H,28,30,33). The minimum absolute atomic E-state index is 0.0153. The molecule has 0 fully saturated rings. The molecule has 182 valence electrons. The number of carbonyl (C=O) groups is 2. The summed E-state index contributed by atoms with van der Waals surface area (Å²) in [6.07, 6.45) is 0.196. The predicted molar refractivity (Wildman–Crippen MR) is 141 cm³/mol. The van der Waals surface area contributed by atoms with Crippen molar-refractivity contribution in [1.29, 1.82) is 0 Å². The molecule has 0 saturated heterocycles. The molecule has 0 radical (unpaired) electrons. The first-order chi connectivity index (χ1) is 17.3. The van der Waals surface area contributed by atoms with E-state index < -0.39 is 22.8 Å². The molecule has 4 rings (SSSR count). The molecule has 0 bridgehead atoms. The number of aromatic nitrogens is 2. The number of hydrogen-bond donors (Lipinski definition) is 2. The maximum absolute atomic E-state index is 13.2. The Morgan fingerprint density at radius 1 is 1.06 bits per heavy atom. The van der Waals surface area contributed by atoms with E-state index in [-0.39, 0.29) is 27.8 Å². The van der Waals surface area contributed by atoms with Gasteiger partial charge in [0.25, 0.3) is 11.6 Å². The largest absolute Gasteiger partial charge is 0.340 e. The van der Waals surface area contributed by atoms with Crippen LogP contribution in [0, 0.1) is 10.1 Å². The van der Waals surface area contributed by atoms with Gasteiger partial charge >= 0.3 is 0 Å². The highest BCUT2D eigenvalue weighted by Crippen LogP contribution is 2.28. The van der Waals surface area contributed by atoms with Gasteiger partial charge in [0.1, 0.15) is 11.0 Å². The maximum atomic E-state index is 13.2. The Labute approximate surface area is 222 Å². The minimum atomic E-state index is -0.980. The van der Waals surface area contributed by atoms with Crippen LogP contribution in [0.4, 0.5) is 10.8 Å². The fourth-order valence-corrected chi connectivity index (χ4v) is 4.55. The van der Waals surface area contributed by atoms with E-state index in [1.807, 2.05) is 54.6 Å². The third-order valence-electron chi connectivity index (χ3n) is 5.06. The summed E-state index contributed by atoms with van der Waals surface area (Å²) in [5.41, 5.74) is 1.44. The molecule has 0 saturated carbocycles. The van der Waals surface area contributed by atoms with Crippen molar-refractivity contribution in [2.75, 3.05) is 5.32 Å². The number of hydrogen-bond acceptors (Lipinski definition) is 7. The fourth-order valence-electron chi connectivity index (χ4n) is 3.27. The summed E-state index contributed by atoms with van der Waals surface area (Å²) in [5.74, 6) is -1.14. The van der Waals surface area contributed by atoms with E-state index in [1.165, 1.54) is 23.5 Å². The molecule has 2 N–H and O–H groups in total. The molecule has 0 spiro atoms. The summed E-state index contributed by atoms with van der Waals surface area (Å²) in [6.45, 7) is 0. The van der Waals surface area contributed by atoms with E-state index in [1.54, 1.807) is 0 Å². The lowest BCUT2D eigenvalue weighted by Crippen LogP contribution is -2.45. The lowest BCUT2D eigenvalue weighted by molar-refractivity contribution is -0.384. The summed E-state index contributed by atoms with van der Waals surface area (Å²) < 4.78 is 0.928. The SMILES string of the molecule is O=C(NC(Cc1ccccc1)C(=O)Nc1nnc(-c2ccc(Br)cc2)s1)c1ccc([N+](=O)[O-])cc1Cl. The monoisotopic (exact) mass is 585 g/mol. The molecule has 3 aromatic carbocycles. The molecule has 2 amide bonds. The lowest BCUT2D eigenvalue weighted by atomic mass is 10.0. The van der Waals surface area contributed by atoms with Gasteiger partial charge in [0, 0.05) is 28.6 Å². The van der Waals surface area contributed by atoms with Crippen LogP contribution in [0.1, 0.15) is 15.9 Å². The van der Waals surface area contributed by atoms with Crippen LogP contribution in [0.5, 0.6) is 0 Å². The van der Waals surface area contributed by atoms with Crippen molar-refractivity contribution in [3.8, 4) is 10.6 Å². The fraction of sp³-hybridized carbons (Fsp3) is 0.0833. The Bertz CT molecular complexity index is 1420. The van der Waals surface area contributed by atoms with Crippen LogP contribution in [0.2, 0.25) is 5.02 Å². The highest BCUT2D eigenvalue weighted by molar-refractivity contribution is 9.10. The summed E-state index contributed by atoms with van der Waals surface area (Å²) >= 11 is 10.7. The maximum Gasteiger partial charge on any atom is 0.270 e. The van der Waals surface area contributed by atoms with Gasteiger partial charge in [-0.25, -0.2) is 0 Å². The number of rotatable bonds is 8. The number of nitrogens with zero attached hydrogens (tertiary/aromatic N) is 3. The first-order valence-corrected chi connectivity index (χ1v) is 12.5. The molecule has 1 aromatic heterocycles. The zero-order valence-electron chi connectivity index (χ0n) is 18.4. The van der Waals surface area contributed by atoms with E-state index in [4.69, 9.17) is 11.6 Å². The van der Waals surface area contributed by atoms with Crippen LogP contribution in [-0.4, -0.2) is 33.0 Å². The number of anilines is 1. The second-order valence-corrected chi connectivity index (χ2v) is 9.85. The molecule has 1 heterocycles. The van der Waals surface area contributed by atoms with Crippen molar-refractivity contribution in [3.63, 3.8) is 0 Å². The number of nitro groups is 1. The average Bonchev–Trinajstić information content (AvgIpc) is 3.32. The van der Waals surface area contributed by atoms with Crippen LogP contribution in [-0.2, 0) is 11.2 Å². The molecule has 12 heteroatoms. The quantitative estimate of drug-likeness (QED) is 0.207. The molecule has 1 unspecified atom stereocenters. The number of carbonyl (C=O) groups excluding carboxylic acids is 2. The van der Waals surface area contributed by atoms with Crippen molar-refractivity contribution < 1.29 is 14.5 Å². The summed E-state index contributed by atoms with van der Waals surface area (Å²) in [5, 5.41) is 25.4. The summed E-state index contributed by atoms with van der Waals surface area (Å²) in [7, 11) is 0. The van der Waals surface area contributed by atoms with Gasteiger partial charge in [0.2, 0.25) is 11.0 Å². The Morgan fingerprint density at radius 3 is 2.44 bits per heavy atom. The highest BCUT2D eigenvalue weighted by atomic mass is 79.9. The number of nitro benzene ring substituents is 1. The van der Waals surface area contributed by atoms with Crippen LogP contribution in [0.15, 0.2) is 77.3 Å². The van der Waals surface area contributed by atoms with Gasteiger partial charge in [-0.2, -0.15) is 0 Å². The second kappa shape index (κ2) is 11.4. The van der Waals surface area contributed by atoms with Crippen LogP contribution in [0.25, 0.3) is 10.6 Å². The second-order valence-electron chi connectivity index (χ2n) is 7.55. The predicted octanol–water partition coefficient (Wildman–Crippen LogP) is 5.51. The molecule has 36 heavy (non-hydrogen) atoms. The molecule has 1 atom stereocenters. The first-order valence-electron chi connectivity index (χ1n) is 10.5. The van der Waals surface area contributed by atoms with Crippen molar-refractivity contribution in [2.45, 2.75) is 12.5 Å². The zero-order chi connectivity index (χ0) is 25.7.